The standard InChI is InChI=1S/C52H64BNO10/c1-51(2,3)42-21-36-28-61-29-37-22-43(52(4,5)6)24-39(49(37)59-9)31-63-33-41-26-45(25-40(50(41)60-10)32-62-30-38(23-42)48(36)58-8)64-44-18-15-34(16-19-44)17-20-47(55)54(7)27-35-13-11-12-14-46(35)53(56)57/h11-16,18-19,21-26,56-57H,17,20,27-33H2,1-10H3. The Labute approximate surface area is 379 Å². The molecule has 0 fully saturated rings. The number of nitrogens with zero attached hydrogens (tertiary/aromatic N) is 1. The quantitative estimate of drug-likeness (QED) is 0.124. The Kier molecular flexibility index (Phi) is 15.8. The number of methoxy groups -OCH3 is 3. The Morgan fingerprint density at radius 2 is 1.02 bits per heavy atom. The molecule has 5 aromatic carbocycles. The molecule has 0 aliphatic carbocycles. The van der Waals surface area contributed by atoms with Gasteiger partial charge in [0.15, 0.2) is 0 Å². The lowest BCUT2D eigenvalue weighted by Gasteiger charge is -2.25. The van der Waals surface area contributed by atoms with Gasteiger partial charge < -0.3 is 48.1 Å². The van der Waals surface area contributed by atoms with Gasteiger partial charge in [0, 0.05) is 53.4 Å². The van der Waals surface area contributed by atoms with Gasteiger partial charge in [-0.25, -0.2) is 0 Å². The van der Waals surface area contributed by atoms with Crippen molar-refractivity contribution >= 4 is 18.5 Å². The van der Waals surface area contributed by atoms with E-state index in [-0.39, 0.29) is 49.7 Å². The average molecular weight is 874 g/mol. The molecule has 0 aromatic heterocycles. The second-order valence-corrected chi connectivity index (χ2v) is 18.5. The monoisotopic (exact) mass is 873 g/mol. The molecular weight excluding hydrogens is 809 g/mol. The zero-order valence-corrected chi connectivity index (χ0v) is 39.1. The summed E-state index contributed by atoms with van der Waals surface area (Å²) in [5.41, 5.74) is 9.36. The maximum absolute atomic E-state index is 13.1. The van der Waals surface area contributed by atoms with Crippen LogP contribution in [0.5, 0.6) is 28.7 Å². The molecule has 0 saturated heterocycles. The smallest absolute Gasteiger partial charge is 0.488 e. The molecule has 0 atom stereocenters. The molecule has 1 heterocycles. The lowest BCUT2D eigenvalue weighted by molar-refractivity contribution is -0.130. The summed E-state index contributed by atoms with van der Waals surface area (Å²) in [5, 5.41) is 19.5. The molecule has 340 valence electrons. The highest BCUT2D eigenvalue weighted by Crippen LogP contribution is 2.38. The van der Waals surface area contributed by atoms with Crippen LogP contribution in [0.3, 0.4) is 0 Å². The molecule has 0 unspecified atom stereocenters. The molecular formula is C52H64BNO10. The second-order valence-electron chi connectivity index (χ2n) is 18.5. The number of fused-ring (bicyclic) bond motifs is 6. The Bertz CT molecular complexity index is 2280. The van der Waals surface area contributed by atoms with Crippen LogP contribution in [-0.2, 0) is 82.4 Å². The van der Waals surface area contributed by atoms with Gasteiger partial charge in [-0.05, 0) is 93.5 Å². The number of amides is 1. The van der Waals surface area contributed by atoms with Crippen molar-refractivity contribution in [1.82, 2.24) is 4.90 Å². The molecule has 0 radical (unpaired) electrons. The minimum absolute atomic E-state index is 0.0518. The topological polar surface area (TPSA) is 125 Å². The van der Waals surface area contributed by atoms with Gasteiger partial charge in [-0.15, -0.1) is 0 Å². The van der Waals surface area contributed by atoms with E-state index in [2.05, 4.69) is 65.8 Å². The number of benzene rings is 5. The first-order chi connectivity index (χ1) is 30.5. The molecule has 12 heteroatoms. The van der Waals surface area contributed by atoms with Gasteiger partial charge in [0.2, 0.25) is 5.91 Å². The number of rotatable bonds is 11. The van der Waals surface area contributed by atoms with E-state index in [1.54, 1.807) is 51.5 Å². The second kappa shape index (κ2) is 21.1. The van der Waals surface area contributed by atoms with Gasteiger partial charge in [0.05, 0.1) is 61.0 Å². The molecule has 1 aliphatic rings. The first-order valence-electron chi connectivity index (χ1n) is 21.8. The van der Waals surface area contributed by atoms with Crippen molar-refractivity contribution in [2.45, 2.75) is 111 Å². The Morgan fingerprint density at radius 1 is 0.609 bits per heavy atom. The van der Waals surface area contributed by atoms with Crippen molar-refractivity contribution in [3.05, 3.63) is 141 Å². The van der Waals surface area contributed by atoms with Crippen LogP contribution in [0, 0.1) is 0 Å². The summed E-state index contributed by atoms with van der Waals surface area (Å²) in [5.74, 6) is 3.27. The van der Waals surface area contributed by atoms with E-state index in [9.17, 15) is 14.8 Å². The molecule has 5 aromatic rings. The van der Waals surface area contributed by atoms with Crippen molar-refractivity contribution in [2.75, 3.05) is 28.4 Å². The van der Waals surface area contributed by atoms with Crippen LogP contribution >= 0.6 is 0 Å². The Balaban J connectivity index is 1.28. The molecule has 6 bridgehead atoms. The van der Waals surface area contributed by atoms with Crippen LogP contribution in [0.15, 0.2) is 84.9 Å². The van der Waals surface area contributed by atoms with E-state index >= 15 is 0 Å². The number of hydrogen-bond donors (Lipinski definition) is 2. The molecule has 2 N–H and O–H groups in total. The van der Waals surface area contributed by atoms with Crippen molar-refractivity contribution in [3.8, 4) is 28.7 Å². The predicted octanol–water partition coefficient (Wildman–Crippen LogP) is 8.83. The molecule has 0 saturated carbocycles. The molecule has 6 rings (SSSR count). The summed E-state index contributed by atoms with van der Waals surface area (Å²) < 4.78 is 44.1. The highest BCUT2D eigenvalue weighted by molar-refractivity contribution is 6.59. The van der Waals surface area contributed by atoms with Gasteiger partial charge in [0.25, 0.3) is 0 Å². The van der Waals surface area contributed by atoms with Crippen LogP contribution in [-0.4, -0.2) is 56.4 Å². The van der Waals surface area contributed by atoms with Crippen LogP contribution in [0.1, 0.15) is 104 Å². The van der Waals surface area contributed by atoms with E-state index in [1.807, 2.05) is 42.5 Å². The predicted molar refractivity (Wildman–Crippen MR) is 249 cm³/mol. The van der Waals surface area contributed by atoms with Gasteiger partial charge in [-0.3, -0.25) is 4.79 Å². The van der Waals surface area contributed by atoms with E-state index in [0.29, 0.717) is 54.3 Å². The normalized spacial score (nSPS) is 13.6. The molecule has 64 heavy (non-hydrogen) atoms. The highest BCUT2D eigenvalue weighted by atomic mass is 16.5. The average Bonchev–Trinajstić information content (AvgIpc) is 3.25. The largest absolute Gasteiger partial charge is 0.496 e. The third-order valence-corrected chi connectivity index (χ3v) is 11.5. The van der Waals surface area contributed by atoms with Crippen molar-refractivity contribution in [1.29, 1.82) is 0 Å². The van der Waals surface area contributed by atoms with Crippen LogP contribution in [0.4, 0.5) is 0 Å². The SMILES string of the molecule is COc1c2cc(Oc3ccc(CCC(=O)N(C)Cc4ccccc4B(O)O)cc3)cc1COCc1cc(C(C)(C)C)cc(c1OC)COCc1cc(C(C)(C)C)cc(c1OC)COC2. The third kappa shape index (κ3) is 12.0. The maximum atomic E-state index is 13.1. The van der Waals surface area contributed by atoms with E-state index in [1.165, 1.54) is 0 Å². The third-order valence-electron chi connectivity index (χ3n) is 11.5. The fourth-order valence-electron chi connectivity index (χ4n) is 7.98. The first kappa shape index (κ1) is 48.1. The van der Waals surface area contributed by atoms with Gasteiger partial charge in [0.1, 0.15) is 28.7 Å². The zero-order valence-electron chi connectivity index (χ0n) is 39.1. The van der Waals surface area contributed by atoms with Gasteiger partial charge in [-0.2, -0.15) is 0 Å². The van der Waals surface area contributed by atoms with Gasteiger partial charge >= 0.3 is 7.12 Å². The zero-order chi connectivity index (χ0) is 46.2. The Hall–Kier alpha value is -5.37. The van der Waals surface area contributed by atoms with Crippen molar-refractivity contribution < 1.29 is 48.0 Å². The number of aryl methyl sites for hydroxylation is 1. The summed E-state index contributed by atoms with van der Waals surface area (Å²) >= 11 is 0. The van der Waals surface area contributed by atoms with E-state index in [4.69, 9.17) is 33.2 Å². The molecule has 11 nitrogen and oxygen atoms in total. The van der Waals surface area contributed by atoms with E-state index < -0.39 is 7.12 Å². The number of carbonyl (C=O) groups is 1. The first-order valence-corrected chi connectivity index (χ1v) is 21.8. The number of carbonyl (C=O) groups excluding carboxylic acids is 1. The molecule has 0 spiro atoms. The summed E-state index contributed by atoms with van der Waals surface area (Å²) in [6, 6.07) is 27.2. The van der Waals surface area contributed by atoms with Crippen LogP contribution in [0.2, 0.25) is 0 Å². The lowest BCUT2D eigenvalue weighted by Crippen LogP contribution is -2.36. The summed E-state index contributed by atoms with van der Waals surface area (Å²) in [4.78, 5) is 14.7. The van der Waals surface area contributed by atoms with Crippen molar-refractivity contribution in [3.63, 3.8) is 0 Å². The van der Waals surface area contributed by atoms with Crippen LogP contribution in [0.25, 0.3) is 0 Å². The Morgan fingerprint density at radius 3 is 1.41 bits per heavy atom. The maximum Gasteiger partial charge on any atom is 0.488 e. The highest BCUT2D eigenvalue weighted by Gasteiger charge is 2.24. The fourth-order valence-corrected chi connectivity index (χ4v) is 7.98. The molecule has 1 amide bonds. The fraction of sp³-hybridized carbons (Fsp3) is 0.404. The molecule has 1 aliphatic heterocycles. The summed E-state index contributed by atoms with van der Waals surface area (Å²) in [6.45, 7) is 15.1. The lowest BCUT2D eigenvalue weighted by atomic mass is 9.77. The van der Waals surface area contributed by atoms with Crippen molar-refractivity contribution in [2.24, 2.45) is 0 Å². The number of hydrogen-bond acceptors (Lipinski definition) is 10. The van der Waals surface area contributed by atoms with Crippen LogP contribution < -0.4 is 24.4 Å². The minimum atomic E-state index is -1.60. The summed E-state index contributed by atoms with van der Waals surface area (Å²) in [7, 11) is 5.13. The minimum Gasteiger partial charge on any atom is -0.496 e. The summed E-state index contributed by atoms with van der Waals surface area (Å²) in [6.07, 6.45) is 0.822. The number of ether oxygens (including phenoxy) is 7. The van der Waals surface area contributed by atoms with Gasteiger partial charge in [-0.1, -0.05) is 77.9 Å². The van der Waals surface area contributed by atoms with E-state index in [0.717, 1.165) is 61.6 Å².